The maximum Gasteiger partial charge on any atom is 0.416 e. The van der Waals surface area contributed by atoms with Crippen LogP contribution >= 0.6 is 0 Å². The number of benzene rings is 2. The molecule has 0 radical (unpaired) electrons. The van der Waals surface area contributed by atoms with Crippen molar-refractivity contribution in [3.63, 3.8) is 0 Å². The molecule has 3 N–H and O–H groups in total. The van der Waals surface area contributed by atoms with Crippen molar-refractivity contribution in [3.8, 4) is 0 Å². The fraction of sp³-hybridized carbons (Fsp3) is 0.188. The molecule has 1 atom stereocenters. The van der Waals surface area contributed by atoms with Gasteiger partial charge in [0.1, 0.15) is 11.6 Å². The molecule has 0 aromatic heterocycles. The summed E-state index contributed by atoms with van der Waals surface area (Å²) in [7, 11) is 0. The Hall–Kier alpha value is -2.68. The summed E-state index contributed by atoms with van der Waals surface area (Å²) in [6, 6.07) is 5.65. The van der Waals surface area contributed by atoms with Crippen molar-refractivity contribution in [2.24, 2.45) is 0 Å². The lowest BCUT2D eigenvalue weighted by Gasteiger charge is -2.15. The second-order valence-electron chi connectivity index (χ2n) is 5.10. The number of amides is 2. The second-order valence-corrected chi connectivity index (χ2v) is 5.10. The summed E-state index contributed by atoms with van der Waals surface area (Å²) in [5.41, 5.74) is -1.25. The van der Waals surface area contributed by atoms with Crippen molar-refractivity contribution in [2.45, 2.75) is 12.3 Å². The standard InChI is InChI=1S/C16H13F5N2O2/c17-11-4-5-13(12(18)7-11)23-15(25)22-8-14(24)9-2-1-3-10(6-9)16(19,20)21/h1-7,14,24H,8H2,(H2,22,23,25). The molecule has 0 saturated carbocycles. The average molecular weight is 360 g/mol. The molecule has 4 nitrogen and oxygen atoms in total. The minimum Gasteiger partial charge on any atom is -0.387 e. The summed E-state index contributed by atoms with van der Waals surface area (Å²) in [5.74, 6) is -1.81. The fourth-order valence-electron chi connectivity index (χ4n) is 1.99. The predicted octanol–water partition coefficient (Wildman–Crippen LogP) is 3.84. The number of hydrogen-bond acceptors (Lipinski definition) is 2. The summed E-state index contributed by atoms with van der Waals surface area (Å²) in [5, 5.41) is 14.2. The van der Waals surface area contributed by atoms with Crippen LogP contribution in [0.3, 0.4) is 0 Å². The SMILES string of the molecule is O=C(NCC(O)c1cccc(C(F)(F)F)c1)Nc1ccc(F)cc1F. The molecule has 2 rings (SSSR count). The van der Waals surface area contributed by atoms with Crippen molar-refractivity contribution >= 4 is 11.7 Å². The fourth-order valence-corrected chi connectivity index (χ4v) is 1.99. The number of aliphatic hydroxyl groups excluding tert-OH is 1. The van der Waals surface area contributed by atoms with Crippen LogP contribution in [0, 0.1) is 11.6 Å². The number of anilines is 1. The van der Waals surface area contributed by atoms with Crippen molar-refractivity contribution in [2.75, 3.05) is 11.9 Å². The summed E-state index contributed by atoms with van der Waals surface area (Å²) in [4.78, 5) is 11.6. The first-order valence-electron chi connectivity index (χ1n) is 7.02. The highest BCUT2D eigenvalue weighted by molar-refractivity contribution is 5.89. The summed E-state index contributed by atoms with van der Waals surface area (Å²) in [6.07, 6.45) is -5.95. The van der Waals surface area contributed by atoms with Crippen LogP contribution in [0.2, 0.25) is 0 Å². The molecule has 134 valence electrons. The Balaban J connectivity index is 1.95. The third kappa shape index (κ3) is 5.15. The molecule has 0 heterocycles. The van der Waals surface area contributed by atoms with Gasteiger partial charge in [-0.2, -0.15) is 13.2 Å². The van der Waals surface area contributed by atoms with E-state index in [0.29, 0.717) is 6.07 Å². The molecule has 2 aromatic carbocycles. The van der Waals surface area contributed by atoms with E-state index in [1.165, 1.54) is 6.07 Å². The van der Waals surface area contributed by atoms with E-state index in [4.69, 9.17) is 0 Å². The van der Waals surface area contributed by atoms with Crippen molar-refractivity contribution < 1.29 is 31.9 Å². The predicted molar refractivity (Wildman–Crippen MR) is 79.8 cm³/mol. The second kappa shape index (κ2) is 7.47. The summed E-state index contributed by atoms with van der Waals surface area (Å²) < 4.78 is 64.0. The molecular weight excluding hydrogens is 347 g/mol. The van der Waals surface area contributed by atoms with Gasteiger partial charge < -0.3 is 15.7 Å². The van der Waals surface area contributed by atoms with Gasteiger partial charge in [0.15, 0.2) is 0 Å². The van der Waals surface area contributed by atoms with Gasteiger partial charge in [-0.1, -0.05) is 12.1 Å². The molecule has 0 aliphatic heterocycles. The van der Waals surface area contributed by atoms with Crippen molar-refractivity contribution in [3.05, 3.63) is 65.2 Å². The lowest BCUT2D eigenvalue weighted by Crippen LogP contribution is -2.32. The Bertz CT molecular complexity index is 764. The number of carbonyl (C=O) groups is 1. The number of alkyl halides is 3. The number of halogens is 5. The van der Waals surface area contributed by atoms with Gasteiger partial charge in [0.25, 0.3) is 0 Å². The van der Waals surface area contributed by atoms with Gasteiger partial charge in [0, 0.05) is 12.6 Å². The largest absolute Gasteiger partial charge is 0.416 e. The van der Waals surface area contributed by atoms with Crippen LogP contribution in [0.5, 0.6) is 0 Å². The molecular formula is C16H13F5N2O2. The lowest BCUT2D eigenvalue weighted by molar-refractivity contribution is -0.137. The van der Waals surface area contributed by atoms with E-state index in [-0.39, 0.29) is 11.3 Å². The molecule has 0 saturated heterocycles. The summed E-state index contributed by atoms with van der Waals surface area (Å²) in [6.45, 7) is -0.407. The molecule has 1 unspecified atom stereocenters. The normalized spacial score (nSPS) is 12.6. The zero-order chi connectivity index (χ0) is 18.6. The highest BCUT2D eigenvalue weighted by Crippen LogP contribution is 2.30. The van der Waals surface area contributed by atoms with Crippen LogP contribution < -0.4 is 10.6 Å². The van der Waals surface area contributed by atoms with E-state index >= 15 is 0 Å². The van der Waals surface area contributed by atoms with E-state index in [1.54, 1.807) is 0 Å². The number of rotatable bonds is 4. The van der Waals surface area contributed by atoms with Gasteiger partial charge in [0.05, 0.1) is 17.4 Å². The van der Waals surface area contributed by atoms with Gasteiger partial charge in [-0.3, -0.25) is 0 Å². The van der Waals surface area contributed by atoms with Crippen LogP contribution in [0.4, 0.5) is 32.4 Å². The topological polar surface area (TPSA) is 61.4 Å². The first-order chi connectivity index (χ1) is 11.7. The van der Waals surface area contributed by atoms with Gasteiger partial charge in [-0.05, 0) is 29.8 Å². The monoisotopic (exact) mass is 360 g/mol. The van der Waals surface area contributed by atoms with E-state index in [1.807, 2.05) is 0 Å². The number of urea groups is 1. The number of hydrogen-bond donors (Lipinski definition) is 3. The van der Waals surface area contributed by atoms with Crippen LogP contribution in [0.25, 0.3) is 0 Å². The maximum atomic E-state index is 13.4. The van der Waals surface area contributed by atoms with Crippen LogP contribution in [0.1, 0.15) is 17.2 Å². The first kappa shape index (κ1) is 18.7. The molecule has 25 heavy (non-hydrogen) atoms. The van der Waals surface area contributed by atoms with Gasteiger partial charge >= 0.3 is 12.2 Å². The zero-order valence-electron chi connectivity index (χ0n) is 12.6. The summed E-state index contributed by atoms with van der Waals surface area (Å²) >= 11 is 0. The maximum absolute atomic E-state index is 13.4. The lowest BCUT2D eigenvalue weighted by atomic mass is 10.1. The molecule has 0 spiro atoms. The molecule has 0 aliphatic carbocycles. The highest BCUT2D eigenvalue weighted by Gasteiger charge is 2.30. The van der Waals surface area contributed by atoms with E-state index in [2.05, 4.69) is 10.6 Å². The van der Waals surface area contributed by atoms with Crippen LogP contribution in [0.15, 0.2) is 42.5 Å². The number of nitrogens with one attached hydrogen (secondary N) is 2. The minimum absolute atomic E-state index is 0.0388. The van der Waals surface area contributed by atoms with Crippen LogP contribution in [-0.4, -0.2) is 17.7 Å². The van der Waals surface area contributed by atoms with Gasteiger partial charge in [-0.15, -0.1) is 0 Å². The molecule has 2 amide bonds. The first-order valence-corrected chi connectivity index (χ1v) is 7.02. The van der Waals surface area contributed by atoms with E-state index in [9.17, 15) is 31.9 Å². The average Bonchev–Trinajstić information content (AvgIpc) is 2.54. The van der Waals surface area contributed by atoms with Crippen molar-refractivity contribution in [1.82, 2.24) is 5.32 Å². The Morgan fingerprint density at radius 3 is 2.48 bits per heavy atom. The van der Waals surface area contributed by atoms with Gasteiger partial charge in [0.2, 0.25) is 0 Å². The quantitative estimate of drug-likeness (QED) is 0.726. The van der Waals surface area contributed by atoms with E-state index < -0.39 is 42.1 Å². The molecule has 0 bridgehead atoms. The highest BCUT2D eigenvalue weighted by atomic mass is 19.4. The van der Waals surface area contributed by atoms with E-state index in [0.717, 1.165) is 30.3 Å². The van der Waals surface area contributed by atoms with Crippen LogP contribution in [-0.2, 0) is 6.18 Å². The van der Waals surface area contributed by atoms with Crippen molar-refractivity contribution in [1.29, 1.82) is 0 Å². The Labute approximate surface area is 139 Å². The zero-order valence-corrected chi connectivity index (χ0v) is 12.6. The third-order valence-electron chi connectivity index (χ3n) is 3.23. The molecule has 0 fully saturated rings. The Kier molecular flexibility index (Phi) is 5.58. The molecule has 2 aromatic rings. The molecule has 0 aliphatic rings. The minimum atomic E-state index is -4.55. The number of aliphatic hydroxyl groups is 1. The van der Waals surface area contributed by atoms with Gasteiger partial charge in [-0.25, -0.2) is 13.6 Å². The number of carbonyl (C=O) groups excluding carboxylic acids is 1. The third-order valence-corrected chi connectivity index (χ3v) is 3.23. The Morgan fingerprint density at radius 1 is 1.12 bits per heavy atom. The Morgan fingerprint density at radius 2 is 1.84 bits per heavy atom. The molecule has 9 heteroatoms. The smallest absolute Gasteiger partial charge is 0.387 e.